The molecule has 17 heavy (non-hydrogen) atoms. The molecule has 92 valence electrons. The molecular weight excluding hydrogens is 288 g/mol. The first-order valence-electron chi connectivity index (χ1n) is 5.09. The number of halogens is 1. The van der Waals surface area contributed by atoms with Gasteiger partial charge in [0.25, 0.3) is 0 Å². The first kappa shape index (κ1) is 13.7. The van der Waals surface area contributed by atoms with Crippen LogP contribution in [0.4, 0.5) is 0 Å². The number of aryl methyl sites for hydroxylation is 1. The molecule has 0 fully saturated rings. The Bertz CT molecular complexity index is 429. The maximum absolute atomic E-state index is 11.0. The standard InChI is InChI=1S/C12H13BrO4/c1-17-12(16)5-3-8-2-4-9(7-11(14)15)10(13)6-8/h2,4,6H,3,5,7H2,1H3,(H,14,15). The van der Waals surface area contributed by atoms with Gasteiger partial charge in [0.05, 0.1) is 13.5 Å². The number of aliphatic carboxylic acids is 1. The van der Waals surface area contributed by atoms with Crippen LogP contribution in [-0.2, 0) is 27.2 Å². The largest absolute Gasteiger partial charge is 0.481 e. The Morgan fingerprint density at radius 1 is 1.41 bits per heavy atom. The number of carbonyl (C=O) groups excluding carboxylic acids is 1. The van der Waals surface area contributed by atoms with E-state index >= 15 is 0 Å². The first-order chi connectivity index (χ1) is 8.02. The smallest absolute Gasteiger partial charge is 0.307 e. The van der Waals surface area contributed by atoms with E-state index in [1.54, 1.807) is 6.07 Å². The lowest BCUT2D eigenvalue weighted by molar-refractivity contribution is -0.140. The zero-order valence-electron chi connectivity index (χ0n) is 9.40. The number of ether oxygens (including phenoxy) is 1. The maximum Gasteiger partial charge on any atom is 0.307 e. The van der Waals surface area contributed by atoms with E-state index in [1.165, 1.54) is 7.11 Å². The summed E-state index contributed by atoms with van der Waals surface area (Å²) in [4.78, 5) is 21.5. The van der Waals surface area contributed by atoms with Gasteiger partial charge in [0.2, 0.25) is 0 Å². The van der Waals surface area contributed by atoms with Gasteiger partial charge in [-0.05, 0) is 23.6 Å². The monoisotopic (exact) mass is 300 g/mol. The minimum absolute atomic E-state index is 0.0160. The highest BCUT2D eigenvalue weighted by Crippen LogP contribution is 2.20. The molecular formula is C12H13BrO4. The third kappa shape index (κ3) is 4.56. The summed E-state index contributed by atoms with van der Waals surface area (Å²) in [6.45, 7) is 0. The lowest BCUT2D eigenvalue weighted by Gasteiger charge is -2.05. The number of hydrogen-bond donors (Lipinski definition) is 1. The number of methoxy groups -OCH3 is 1. The molecule has 0 heterocycles. The molecule has 0 atom stereocenters. The highest BCUT2D eigenvalue weighted by atomic mass is 79.9. The van der Waals surface area contributed by atoms with Crippen molar-refractivity contribution in [2.24, 2.45) is 0 Å². The molecule has 0 unspecified atom stereocenters. The van der Waals surface area contributed by atoms with Crippen LogP contribution in [0.15, 0.2) is 22.7 Å². The van der Waals surface area contributed by atoms with E-state index in [4.69, 9.17) is 5.11 Å². The van der Waals surface area contributed by atoms with Crippen LogP contribution in [-0.4, -0.2) is 24.2 Å². The number of rotatable bonds is 5. The van der Waals surface area contributed by atoms with E-state index in [0.717, 1.165) is 15.6 Å². The zero-order chi connectivity index (χ0) is 12.8. The maximum atomic E-state index is 11.0. The van der Waals surface area contributed by atoms with Crippen molar-refractivity contribution in [3.63, 3.8) is 0 Å². The molecule has 5 heteroatoms. The second-order valence-electron chi connectivity index (χ2n) is 3.57. The normalized spacial score (nSPS) is 10.0. The minimum Gasteiger partial charge on any atom is -0.481 e. The van der Waals surface area contributed by atoms with Crippen LogP contribution >= 0.6 is 15.9 Å². The predicted octanol–water partition coefficient (Wildman–Crippen LogP) is 2.18. The number of carboxylic acids is 1. The van der Waals surface area contributed by atoms with E-state index in [1.807, 2.05) is 12.1 Å². The van der Waals surface area contributed by atoms with Crippen molar-refractivity contribution < 1.29 is 19.4 Å². The molecule has 0 spiro atoms. The number of benzene rings is 1. The van der Waals surface area contributed by atoms with Gasteiger partial charge in [-0.3, -0.25) is 9.59 Å². The van der Waals surface area contributed by atoms with Crippen molar-refractivity contribution in [3.05, 3.63) is 33.8 Å². The molecule has 0 aliphatic heterocycles. The van der Waals surface area contributed by atoms with E-state index < -0.39 is 5.97 Å². The summed E-state index contributed by atoms with van der Waals surface area (Å²) in [6, 6.07) is 5.41. The topological polar surface area (TPSA) is 63.6 Å². The van der Waals surface area contributed by atoms with Gasteiger partial charge in [-0.15, -0.1) is 0 Å². The molecule has 0 aliphatic carbocycles. The molecule has 1 N–H and O–H groups in total. The summed E-state index contributed by atoms with van der Waals surface area (Å²) >= 11 is 3.32. The molecule has 4 nitrogen and oxygen atoms in total. The van der Waals surface area contributed by atoms with Crippen LogP contribution < -0.4 is 0 Å². The molecule has 1 rings (SSSR count). The Hall–Kier alpha value is -1.36. The van der Waals surface area contributed by atoms with Gasteiger partial charge in [-0.2, -0.15) is 0 Å². The number of carbonyl (C=O) groups is 2. The number of esters is 1. The van der Waals surface area contributed by atoms with E-state index in [0.29, 0.717) is 12.8 Å². The van der Waals surface area contributed by atoms with Gasteiger partial charge in [-0.1, -0.05) is 28.1 Å². The van der Waals surface area contributed by atoms with Gasteiger partial charge in [-0.25, -0.2) is 0 Å². The van der Waals surface area contributed by atoms with Crippen molar-refractivity contribution >= 4 is 27.9 Å². The van der Waals surface area contributed by atoms with Gasteiger partial charge in [0.1, 0.15) is 0 Å². The molecule has 0 radical (unpaired) electrons. The zero-order valence-corrected chi connectivity index (χ0v) is 11.0. The summed E-state index contributed by atoms with van der Waals surface area (Å²) in [5.74, 6) is -1.12. The SMILES string of the molecule is COC(=O)CCc1ccc(CC(=O)O)c(Br)c1. The Morgan fingerprint density at radius 3 is 2.65 bits per heavy atom. The average molecular weight is 301 g/mol. The van der Waals surface area contributed by atoms with E-state index in [2.05, 4.69) is 20.7 Å². The molecule has 0 aromatic heterocycles. The Kier molecular flexibility index (Phi) is 5.15. The number of hydrogen-bond acceptors (Lipinski definition) is 3. The molecule has 1 aromatic rings. The molecule has 1 aromatic carbocycles. The molecule has 0 saturated heterocycles. The Balaban J connectivity index is 2.68. The fourth-order valence-electron chi connectivity index (χ4n) is 1.40. The van der Waals surface area contributed by atoms with Crippen molar-refractivity contribution in [1.29, 1.82) is 0 Å². The molecule has 0 saturated carbocycles. The van der Waals surface area contributed by atoms with Crippen LogP contribution in [0, 0.1) is 0 Å². The fourth-order valence-corrected chi connectivity index (χ4v) is 1.97. The third-order valence-corrected chi connectivity index (χ3v) is 3.04. The van der Waals surface area contributed by atoms with Crippen molar-refractivity contribution in [3.8, 4) is 0 Å². The summed E-state index contributed by atoms with van der Waals surface area (Å²) in [6.07, 6.45) is 0.887. The van der Waals surface area contributed by atoms with E-state index in [-0.39, 0.29) is 12.4 Å². The fraction of sp³-hybridized carbons (Fsp3) is 0.333. The van der Waals surface area contributed by atoms with Gasteiger partial charge in [0, 0.05) is 10.9 Å². The lowest BCUT2D eigenvalue weighted by atomic mass is 10.1. The van der Waals surface area contributed by atoms with Crippen molar-refractivity contribution in [2.75, 3.05) is 7.11 Å². The quantitative estimate of drug-likeness (QED) is 0.847. The van der Waals surface area contributed by atoms with Gasteiger partial charge < -0.3 is 9.84 Å². The summed E-state index contributed by atoms with van der Waals surface area (Å²) in [7, 11) is 1.36. The molecule has 0 aliphatic rings. The van der Waals surface area contributed by atoms with Crippen LogP contribution in [0.1, 0.15) is 17.5 Å². The summed E-state index contributed by atoms with van der Waals surface area (Å²) < 4.78 is 5.30. The predicted molar refractivity (Wildman–Crippen MR) is 65.8 cm³/mol. The summed E-state index contributed by atoms with van der Waals surface area (Å²) in [5.41, 5.74) is 1.69. The molecule has 0 amide bonds. The van der Waals surface area contributed by atoms with Crippen molar-refractivity contribution in [1.82, 2.24) is 0 Å². The highest BCUT2D eigenvalue weighted by molar-refractivity contribution is 9.10. The summed E-state index contributed by atoms with van der Waals surface area (Å²) in [5, 5.41) is 8.69. The lowest BCUT2D eigenvalue weighted by Crippen LogP contribution is -2.03. The first-order valence-corrected chi connectivity index (χ1v) is 5.88. The molecule has 0 bridgehead atoms. The van der Waals surface area contributed by atoms with Crippen LogP contribution in [0.3, 0.4) is 0 Å². The minimum atomic E-state index is -0.868. The van der Waals surface area contributed by atoms with Crippen LogP contribution in [0.5, 0.6) is 0 Å². The highest BCUT2D eigenvalue weighted by Gasteiger charge is 2.07. The second kappa shape index (κ2) is 6.39. The number of carboxylic acid groups (broad SMARTS) is 1. The van der Waals surface area contributed by atoms with Crippen molar-refractivity contribution in [2.45, 2.75) is 19.3 Å². The average Bonchev–Trinajstić information content (AvgIpc) is 2.28. The Labute approximate surface area is 108 Å². The van der Waals surface area contributed by atoms with Gasteiger partial charge in [0.15, 0.2) is 0 Å². The second-order valence-corrected chi connectivity index (χ2v) is 4.43. The van der Waals surface area contributed by atoms with E-state index in [9.17, 15) is 9.59 Å². The van der Waals surface area contributed by atoms with Crippen LogP contribution in [0.2, 0.25) is 0 Å². The van der Waals surface area contributed by atoms with Crippen LogP contribution in [0.25, 0.3) is 0 Å². The van der Waals surface area contributed by atoms with Gasteiger partial charge >= 0.3 is 11.9 Å². The Morgan fingerprint density at radius 2 is 2.12 bits per heavy atom. The third-order valence-electron chi connectivity index (χ3n) is 2.30.